The first-order valence-corrected chi connectivity index (χ1v) is 9.54. The molecule has 0 spiro atoms. The molecule has 8 heteroatoms. The van der Waals surface area contributed by atoms with Gasteiger partial charge in [-0.1, -0.05) is 12.1 Å². The fourth-order valence-corrected chi connectivity index (χ4v) is 3.50. The quantitative estimate of drug-likeness (QED) is 0.356. The van der Waals surface area contributed by atoms with Crippen molar-refractivity contribution >= 4 is 52.0 Å². The third-order valence-electron chi connectivity index (χ3n) is 3.89. The summed E-state index contributed by atoms with van der Waals surface area (Å²) in [6, 6.07) is 9.47. The molecule has 0 N–H and O–H groups in total. The van der Waals surface area contributed by atoms with Gasteiger partial charge in [-0.2, -0.15) is 0 Å². The molecule has 26 heavy (non-hydrogen) atoms. The van der Waals surface area contributed by atoms with Crippen molar-refractivity contribution in [3.05, 3.63) is 42.1 Å². The van der Waals surface area contributed by atoms with Gasteiger partial charge in [0.15, 0.2) is 0 Å². The number of rotatable bonds is 7. The zero-order chi connectivity index (χ0) is 17.8. The number of benzene rings is 1. The van der Waals surface area contributed by atoms with E-state index in [0.29, 0.717) is 24.7 Å². The van der Waals surface area contributed by atoms with Crippen LogP contribution in [0.1, 0.15) is 12.0 Å². The van der Waals surface area contributed by atoms with Crippen LogP contribution in [0.3, 0.4) is 0 Å². The first-order chi connectivity index (χ1) is 12.1. The summed E-state index contributed by atoms with van der Waals surface area (Å²) in [5.41, 5.74) is 3.17. The van der Waals surface area contributed by atoms with E-state index in [9.17, 15) is 4.55 Å². The Hall–Kier alpha value is -1.09. The molecule has 3 aromatic rings. The van der Waals surface area contributed by atoms with Gasteiger partial charge in [-0.15, -0.1) is 3.97 Å². The van der Waals surface area contributed by atoms with E-state index in [1.165, 1.54) is 0 Å². The second-order valence-electron chi connectivity index (χ2n) is 5.62. The van der Waals surface area contributed by atoms with Crippen molar-refractivity contribution in [2.75, 3.05) is 26.6 Å². The van der Waals surface area contributed by atoms with E-state index < -0.39 is 11.4 Å². The third kappa shape index (κ3) is 4.42. The summed E-state index contributed by atoms with van der Waals surface area (Å²) < 4.78 is 24.9. The van der Waals surface area contributed by atoms with Crippen molar-refractivity contribution in [3.63, 3.8) is 0 Å². The summed E-state index contributed by atoms with van der Waals surface area (Å²) in [4.78, 5) is 9.12. The molecule has 1 unspecified atom stereocenters. The van der Waals surface area contributed by atoms with Gasteiger partial charge < -0.3 is 14.0 Å². The molecule has 0 radical (unpaired) electrons. The number of imidazole rings is 1. The molecule has 3 rings (SSSR count). The van der Waals surface area contributed by atoms with Gasteiger partial charge in [0.25, 0.3) is 0 Å². The normalized spacial score (nSPS) is 12.0. The molecule has 0 aliphatic rings. The molecule has 0 fully saturated rings. The van der Waals surface area contributed by atoms with E-state index in [-0.39, 0.29) is 29.6 Å². The van der Waals surface area contributed by atoms with Crippen molar-refractivity contribution in [3.8, 4) is 17.3 Å². The van der Waals surface area contributed by atoms with E-state index in [4.69, 9.17) is 9.47 Å². The van der Waals surface area contributed by atoms with Crippen LogP contribution < -0.4 is 4.74 Å². The minimum absolute atomic E-state index is 0. The summed E-state index contributed by atoms with van der Waals surface area (Å²) in [7, 11) is 1.67. The average molecular weight is 383 g/mol. The average Bonchev–Trinajstić information content (AvgIpc) is 2.99. The molecule has 6 nitrogen and oxygen atoms in total. The zero-order valence-electron chi connectivity index (χ0n) is 14.6. The number of pyridine rings is 1. The van der Waals surface area contributed by atoms with Gasteiger partial charge in [0, 0.05) is 31.9 Å². The number of fused-ring (bicyclic) bond motifs is 1. The zero-order valence-corrected chi connectivity index (χ0v) is 15.4. The second-order valence-corrected chi connectivity index (χ2v) is 6.83. The predicted octanol–water partition coefficient (Wildman–Crippen LogP) is 2.32. The summed E-state index contributed by atoms with van der Waals surface area (Å²) in [5.74, 6) is 1.34. The van der Waals surface area contributed by atoms with Crippen molar-refractivity contribution in [1.82, 2.24) is 13.9 Å². The molecule has 0 amide bonds. The Morgan fingerprint density at radius 1 is 1.19 bits per heavy atom. The fraction of sp³-hybridized carbons (Fsp3) is 0.333. The van der Waals surface area contributed by atoms with Gasteiger partial charge in [0.1, 0.15) is 23.2 Å². The number of methoxy groups -OCH3 is 1. The number of ether oxygens (including phenoxy) is 2. The van der Waals surface area contributed by atoms with E-state index in [0.717, 1.165) is 28.8 Å². The molecule has 134 valence electrons. The summed E-state index contributed by atoms with van der Waals surface area (Å²) >= 11 is -1.25. The standard InChI is InChI=1S/C18H21N3O3S.Na.H/c1-13-16(24-12-6-11-23-2)9-10-19-17(13)18-20-14-7-4-5-8-15(14)21(18)25(3)22;;/h4-5,7-10H,6,11-12H2,1-3H3;;. The Bertz CT molecular complexity index is 870. The van der Waals surface area contributed by atoms with Crippen LogP contribution in [0.5, 0.6) is 5.75 Å². The van der Waals surface area contributed by atoms with Crippen LogP contribution in [0, 0.1) is 6.92 Å². The first-order valence-electron chi connectivity index (χ1n) is 8.02. The Balaban J connectivity index is 0.00000243. The molecule has 0 saturated heterocycles. The van der Waals surface area contributed by atoms with Crippen LogP contribution in [0.25, 0.3) is 22.6 Å². The second kappa shape index (κ2) is 9.73. The minimum atomic E-state index is -1.25. The molecular weight excluding hydrogens is 361 g/mol. The van der Waals surface area contributed by atoms with E-state index in [2.05, 4.69) is 9.97 Å². The Morgan fingerprint density at radius 2 is 1.96 bits per heavy atom. The van der Waals surface area contributed by atoms with E-state index >= 15 is 0 Å². The molecule has 0 bridgehead atoms. The fourth-order valence-electron chi connectivity index (χ4n) is 2.70. The van der Waals surface area contributed by atoms with Crippen LogP contribution in [-0.2, 0) is 16.1 Å². The van der Waals surface area contributed by atoms with Crippen LogP contribution in [-0.4, -0.2) is 74.6 Å². The Morgan fingerprint density at radius 3 is 2.69 bits per heavy atom. The molecule has 2 heterocycles. The first kappa shape index (κ1) is 21.2. The van der Waals surface area contributed by atoms with Crippen molar-refractivity contribution in [2.24, 2.45) is 0 Å². The van der Waals surface area contributed by atoms with Gasteiger partial charge in [-0.25, -0.2) is 4.98 Å². The van der Waals surface area contributed by atoms with Gasteiger partial charge in [0.2, 0.25) is 5.82 Å². The number of hydrogen-bond acceptors (Lipinski definition) is 5. The number of para-hydroxylation sites is 2. The maximum atomic E-state index is 12.3. The summed E-state index contributed by atoms with van der Waals surface area (Å²) in [6.07, 6.45) is 4.14. The molecule has 0 aliphatic heterocycles. The molecule has 0 saturated carbocycles. The van der Waals surface area contributed by atoms with Gasteiger partial charge in [0.05, 0.1) is 23.5 Å². The van der Waals surface area contributed by atoms with E-state index in [1.807, 2.05) is 37.3 Å². The van der Waals surface area contributed by atoms with E-state index in [1.54, 1.807) is 23.5 Å². The monoisotopic (exact) mass is 383 g/mol. The number of hydrogen-bond donors (Lipinski definition) is 0. The Kier molecular flexibility index (Phi) is 7.94. The van der Waals surface area contributed by atoms with Crippen LogP contribution >= 0.6 is 0 Å². The number of nitrogens with zero attached hydrogens (tertiary/aromatic N) is 3. The molecule has 0 aliphatic carbocycles. The maximum absolute atomic E-state index is 12.3. The third-order valence-corrected chi connectivity index (χ3v) is 4.78. The summed E-state index contributed by atoms with van der Waals surface area (Å²) in [5, 5.41) is 0. The molecule has 2 aromatic heterocycles. The molecular formula is C18H22N3NaO3S. The number of aromatic nitrogens is 3. The van der Waals surface area contributed by atoms with Crippen LogP contribution in [0.2, 0.25) is 0 Å². The topological polar surface area (TPSA) is 72.2 Å². The Labute approximate surface area is 178 Å². The van der Waals surface area contributed by atoms with Crippen LogP contribution in [0.4, 0.5) is 0 Å². The van der Waals surface area contributed by atoms with Crippen molar-refractivity contribution in [2.45, 2.75) is 13.3 Å². The SMILES string of the molecule is COCCCOc1ccnc(-c2nc3ccccc3n2[S+](C)[O-])c1C.[NaH]. The van der Waals surface area contributed by atoms with Crippen molar-refractivity contribution in [1.29, 1.82) is 0 Å². The van der Waals surface area contributed by atoms with Gasteiger partial charge >= 0.3 is 29.6 Å². The van der Waals surface area contributed by atoms with Crippen LogP contribution in [0.15, 0.2) is 36.5 Å². The molecule has 1 atom stereocenters. The van der Waals surface area contributed by atoms with Gasteiger partial charge in [-0.05, 0) is 25.1 Å². The van der Waals surface area contributed by atoms with Crippen molar-refractivity contribution < 1.29 is 14.0 Å². The molecule has 1 aromatic carbocycles. The van der Waals surface area contributed by atoms with Gasteiger partial charge in [-0.3, -0.25) is 4.98 Å². The summed E-state index contributed by atoms with van der Waals surface area (Å²) in [6.45, 7) is 3.16. The predicted molar refractivity (Wildman–Crippen MR) is 106 cm³/mol.